The standard InChI is InChI=1S/C15H17N2/c1-10-6-16-7-11(2)14(10)5-15-12(3)8-17-9-13(15)4/h6-9,16H,1-4H3/q+1. The van der Waals surface area contributed by atoms with Gasteiger partial charge in [0.15, 0.2) is 5.57 Å². The van der Waals surface area contributed by atoms with E-state index in [0.29, 0.717) is 0 Å². The van der Waals surface area contributed by atoms with Crippen LogP contribution in [0.2, 0.25) is 0 Å². The Bertz CT molecular complexity index is 501. The van der Waals surface area contributed by atoms with Gasteiger partial charge in [-0.15, -0.1) is 0 Å². The fourth-order valence-corrected chi connectivity index (χ4v) is 1.97. The minimum atomic E-state index is 1.15. The zero-order chi connectivity index (χ0) is 12.4. The van der Waals surface area contributed by atoms with Crippen molar-refractivity contribution in [1.82, 2.24) is 5.32 Å². The van der Waals surface area contributed by atoms with E-state index in [2.05, 4.69) is 43.7 Å². The zero-order valence-corrected chi connectivity index (χ0v) is 10.8. The summed E-state index contributed by atoms with van der Waals surface area (Å²) in [5.41, 5.74) is 9.42. The van der Waals surface area contributed by atoms with Gasteiger partial charge in [0.05, 0.1) is 35.2 Å². The molecule has 0 atom stereocenters. The Hall–Kier alpha value is -1.92. The summed E-state index contributed by atoms with van der Waals surface area (Å²) in [6.45, 7) is 8.33. The molecule has 0 radical (unpaired) electrons. The molecule has 0 aromatic carbocycles. The molecule has 0 fully saturated rings. The molecular formula is C15H17N2+. The summed E-state index contributed by atoms with van der Waals surface area (Å²) in [4.78, 5) is 4.18. The smallest absolute Gasteiger partial charge is 0.197 e. The van der Waals surface area contributed by atoms with Gasteiger partial charge in [-0.1, -0.05) is 0 Å². The van der Waals surface area contributed by atoms with E-state index in [9.17, 15) is 0 Å². The van der Waals surface area contributed by atoms with Crippen LogP contribution in [0.25, 0.3) is 0 Å². The highest BCUT2D eigenvalue weighted by molar-refractivity contribution is 5.84. The number of allylic oxidation sites excluding steroid dienone is 4. The van der Waals surface area contributed by atoms with E-state index < -0.39 is 0 Å². The lowest BCUT2D eigenvalue weighted by Gasteiger charge is -2.10. The number of rotatable bonds is 0. The molecule has 2 aliphatic heterocycles. The summed E-state index contributed by atoms with van der Waals surface area (Å²) in [7, 11) is 0. The summed E-state index contributed by atoms with van der Waals surface area (Å²) in [6, 6.07) is 0. The van der Waals surface area contributed by atoms with E-state index >= 15 is 0 Å². The van der Waals surface area contributed by atoms with Gasteiger partial charge in [-0.05, 0) is 25.0 Å². The molecule has 0 aliphatic carbocycles. The molecule has 2 heterocycles. The maximum Gasteiger partial charge on any atom is 0.197 e. The highest BCUT2D eigenvalue weighted by Crippen LogP contribution is 2.26. The summed E-state index contributed by atoms with van der Waals surface area (Å²) in [5, 5.41) is 3.13. The average Bonchev–Trinajstić information content (AvgIpc) is 2.27. The maximum absolute atomic E-state index is 4.18. The predicted molar refractivity (Wildman–Crippen MR) is 72.4 cm³/mol. The fraction of sp³-hybridized carbons (Fsp3) is 0.267. The summed E-state index contributed by atoms with van der Waals surface area (Å²) in [6.07, 6.45) is 7.77. The lowest BCUT2D eigenvalue weighted by atomic mass is 9.91. The molecule has 1 N–H and O–H groups in total. The summed E-state index contributed by atoms with van der Waals surface area (Å²) < 4.78 is 0. The molecule has 17 heavy (non-hydrogen) atoms. The van der Waals surface area contributed by atoms with Gasteiger partial charge in [-0.3, -0.25) is 0 Å². The van der Waals surface area contributed by atoms with Crippen molar-refractivity contribution in [3.63, 3.8) is 0 Å². The van der Waals surface area contributed by atoms with Crippen molar-refractivity contribution in [3.8, 4) is 0 Å². The van der Waals surface area contributed by atoms with Crippen LogP contribution in [0.1, 0.15) is 27.7 Å². The van der Waals surface area contributed by atoms with Crippen LogP contribution in [0, 0.1) is 5.92 Å². The van der Waals surface area contributed by atoms with Crippen LogP contribution < -0.4 is 5.32 Å². The van der Waals surface area contributed by atoms with E-state index in [1.54, 1.807) is 0 Å². The van der Waals surface area contributed by atoms with E-state index in [1.165, 1.54) is 16.7 Å². The second kappa shape index (κ2) is 4.52. The molecule has 2 nitrogen and oxygen atoms in total. The van der Waals surface area contributed by atoms with Gasteiger partial charge >= 0.3 is 0 Å². The minimum Gasteiger partial charge on any atom is -0.367 e. The lowest BCUT2D eigenvalue weighted by Crippen LogP contribution is -2.07. The van der Waals surface area contributed by atoms with E-state index in [4.69, 9.17) is 0 Å². The molecule has 86 valence electrons. The number of dihydropyridines is 1. The summed E-state index contributed by atoms with van der Waals surface area (Å²) >= 11 is 0. The van der Waals surface area contributed by atoms with Crippen molar-refractivity contribution in [2.45, 2.75) is 27.7 Å². The number of nitrogens with one attached hydrogen (secondary N) is 1. The van der Waals surface area contributed by atoms with Crippen LogP contribution in [0.5, 0.6) is 0 Å². The van der Waals surface area contributed by atoms with Crippen molar-refractivity contribution in [1.29, 1.82) is 0 Å². The number of nitrogens with zero attached hydrogens (tertiary/aromatic N) is 1. The molecule has 0 amide bonds. The van der Waals surface area contributed by atoms with Gasteiger partial charge < -0.3 is 5.32 Å². The van der Waals surface area contributed by atoms with Crippen molar-refractivity contribution in [2.24, 2.45) is 4.99 Å². The fourth-order valence-electron chi connectivity index (χ4n) is 1.97. The number of hydrogen-bond donors (Lipinski definition) is 1. The Morgan fingerprint density at radius 1 is 1.12 bits per heavy atom. The zero-order valence-electron chi connectivity index (χ0n) is 10.8. The topological polar surface area (TPSA) is 24.4 Å². The molecule has 0 aromatic heterocycles. The van der Waals surface area contributed by atoms with Crippen molar-refractivity contribution < 1.29 is 0 Å². The highest BCUT2D eigenvalue weighted by atomic mass is 14.8. The average molecular weight is 225 g/mol. The van der Waals surface area contributed by atoms with Gasteiger partial charge in [0.2, 0.25) is 0 Å². The van der Waals surface area contributed by atoms with Gasteiger partial charge in [0.25, 0.3) is 0 Å². The minimum absolute atomic E-state index is 1.15. The third-order valence-electron chi connectivity index (χ3n) is 2.96. The van der Waals surface area contributed by atoms with Crippen LogP contribution in [0.4, 0.5) is 0 Å². The van der Waals surface area contributed by atoms with E-state index in [1.807, 2.05) is 24.8 Å². The Labute approximate surface area is 103 Å². The van der Waals surface area contributed by atoms with Gasteiger partial charge in [0.1, 0.15) is 0 Å². The van der Waals surface area contributed by atoms with Gasteiger partial charge in [-0.25, -0.2) is 4.99 Å². The summed E-state index contributed by atoms with van der Waals surface area (Å²) in [5.74, 6) is 1.16. The van der Waals surface area contributed by atoms with Crippen LogP contribution in [-0.2, 0) is 0 Å². The molecule has 0 bridgehead atoms. The number of hydrogen-bond acceptors (Lipinski definition) is 2. The van der Waals surface area contributed by atoms with Gasteiger partial charge in [0, 0.05) is 26.2 Å². The Morgan fingerprint density at radius 3 is 2.35 bits per heavy atom. The van der Waals surface area contributed by atoms with Crippen LogP contribution >= 0.6 is 0 Å². The molecule has 0 saturated heterocycles. The first kappa shape index (κ1) is 11.6. The maximum atomic E-state index is 4.18. The SMILES string of the molecule is CC1=CNC=C(C)C1=C=C1C(C)=CN=C[C+]1C. The van der Waals surface area contributed by atoms with E-state index in [0.717, 1.165) is 17.1 Å². The Balaban J connectivity index is 2.57. The molecule has 0 aromatic rings. The third-order valence-corrected chi connectivity index (χ3v) is 2.96. The molecule has 2 rings (SSSR count). The Kier molecular flexibility index (Phi) is 3.08. The number of aliphatic imine (C=N–C) groups is 1. The first-order valence-electron chi connectivity index (χ1n) is 5.75. The predicted octanol–water partition coefficient (Wildman–Crippen LogP) is 3.43. The quantitative estimate of drug-likeness (QED) is 0.495. The molecule has 0 spiro atoms. The molecule has 2 aliphatic rings. The monoisotopic (exact) mass is 225 g/mol. The normalized spacial score (nSPS) is 19.3. The largest absolute Gasteiger partial charge is 0.367 e. The highest BCUT2D eigenvalue weighted by Gasteiger charge is 2.23. The second-order valence-corrected chi connectivity index (χ2v) is 4.47. The van der Waals surface area contributed by atoms with Gasteiger partial charge in [-0.2, -0.15) is 0 Å². The second-order valence-electron chi connectivity index (χ2n) is 4.47. The molecule has 0 unspecified atom stereocenters. The third kappa shape index (κ3) is 2.27. The van der Waals surface area contributed by atoms with E-state index in [-0.39, 0.29) is 0 Å². The molecule has 0 saturated carbocycles. The van der Waals surface area contributed by atoms with Crippen molar-refractivity contribution in [2.75, 3.05) is 0 Å². The first-order chi connectivity index (χ1) is 8.09. The van der Waals surface area contributed by atoms with Crippen LogP contribution in [0.15, 0.2) is 57.2 Å². The van der Waals surface area contributed by atoms with Crippen LogP contribution in [0.3, 0.4) is 0 Å². The van der Waals surface area contributed by atoms with Crippen molar-refractivity contribution in [3.05, 3.63) is 58.1 Å². The Morgan fingerprint density at radius 2 is 1.76 bits per heavy atom. The first-order valence-corrected chi connectivity index (χ1v) is 5.75. The lowest BCUT2D eigenvalue weighted by molar-refractivity contribution is 1.08. The van der Waals surface area contributed by atoms with Crippen LogP contribution in [-0.4, -0.2) is 6.21 Å². The van der Waals surface area contributed by atoms with Crippen molar-refractivity contribution >= 4 is 6.21 Å². The molecule has 2 heteroatoms. The molecular weight excluding hydrogens is 208 g/mol.